The molecule has 3 rings (SSSR count). The Balaban J connectivity index is 1.82. The Morgan fingerprint density at radius 1 is 0.886 bits per heavy atom. The molecule has 6 heteroatoms. The molecule has 0 saturated heterocycles. The van der Waals surface area contributed by atoms with Gasteiger partial charge in [-0.15, -0.1) is 11.8 Å². The summed E-state index contributed by atoms with van der Waals surface area (Å²) in [6.07, 6.45) is 1.29. The topological polar surface area (TPSA) is 49.4 Å². The van der Waals surface area contributed by atoms with Gasteiger partial charge in [-0.2, -0.15) is 0 Å². The molecule has 0 aliphatic carbocycles. The number of halogens is 1. The normalized spacial score (nSPS) is 12.5. The molecule has 4 nitrogen and oxygen atoms in total. The van der Waals surface area contributed by atoms with Crippen LogP contribution in [0, 0.1) is 0 Å². The number of benzene rings is 3. The van der Waals surface area contributed by atoms with Gasteiger partial charge in [0.05, 0.1) is 5.75 Å². The molecule has 2 atom stereocenters. The first-order valence-electron chi connectivity index (χ1n) is 12.0. The summed E-state index contributed by atoms with van der Waals surface area (Å²) >= 11 is 7.53. The predicted molar refractivity (Wildman–Crippen MR) is 146 cm³/mol. The van der Waals surface area contributed by atoms with Gasteiger partial charge in [-0.25, -0.2) is 0 Å². The molecule has 3 aromatic carbocycles. The second kappa shape index (κ2) is 14.0. The van der Waals surface area contributed by atoms with Crippen molar-refractivity contribution in [1.29, 1.82) is 0 Å². The van der Waals surface area contributed by atoms with E-state index in [4.69, 9.17) is 11.6 Å². The van der Waals surface area contributed by atoms with Crippen molar-refractivity contribution in [2.45, 2.75) is 51.1 Å². The van der Waals surface area contributed by atoms with E-state index in [0.29, 0.717) is 23.7 Å². The minimum atomic E-state index is -0.602. The average Bonchev–Trinajstić information content (AvgIpc) is 2.88. The minimum absolute atomic E-state index is 0.0359. The molecule has 0 aliphatic rings. The van der Waals surface area contributed by atoms with Crippen LogP contribution < -0.4 is 5.32 Å². The van der Waals surface area contributed by atoms with Crippen LogP contribution in [0.5, 0.6) is 0 Å². The summed E-state index contributed by atoms with van der Waals surface area (Å²) in [5.74, 6) is 0.824. The van der Waals surface area contributed by atoms with Gasteiger partial charge in [-0.1, -0.05) is 91.3 Å². The van der Waals surface area contributed by atoms with E-state index in [0.717, 1.165) is 23.1 Å². The van der Waals surface area contributed by atoms with E-state index in [1.54, 1.807) is 16.7 Å². The third-order valence-electron chi connectivity index (χ3n) is 5.88. The van der Waals surface area contributed by atoms with E-state index in [9.17, 15) is 9.59 Å². The smallest absolute Gasteiger partial charge is 0.243 e. The fourth-order valence-electron chi connectivity index (χ4n) is 3.69. The van der Waals surface area contributed by atoms with Crippen molar-refractivity contribution in [2.24, 2.45) is 0 Å². The lowest BCUT2D eigenvalue weighted by Crippen LogP contribution is -2.52. The summed E-state index contributed by atoms with van der Waals surface area (Å²) in [6.45, 7) is 4.41. The molecule has 1 N–H and O–H groups in total. The Kier molecular flexibility index (Phi) is 10.7. The Morgan fingerprint density at radius 2 is 1.49 bits per heavy atom. The van der Waals surface area contributed by atoms with Gasteiger partial charge in [0.1, 0.15) is 6.04 Å². The maximum Gasteiger partial charge on any atom is 0.243 e. The number of hydrogen-bond acceptors (Lipinski definition) is 3. The molecule has 0 saturated carbocycles. The minimum Gasteiger partial charge on any atom is -0.352 e. The van der Waals surface area contributed by atoms with Crippen molar-refractivity contribution in [2.75, 3.05) is 5.75 Å². The SMILES string of the molecule is CCC(C)NC(=O)C(Cc1ccccc1)N(Cc1ccccc1)C(=O)CSCc1ccc(Cl)cc1. The van der Waals surface area contributed by atoms with Gasteiger partial charge in [0, 0.05) is 29.8 Å². The second-order valence-electron chi connectivity index (χ2n) is 8.65. The largest absolute Gasteiger partial charge is 0.352 e. The highest BCUT2D eigenvalue weighted by atomic mass is 35.5. The lowest BCUT2D eigenvalue weighted by molar-refractivity contribution is -0.139. The third-order valence-corrected chi connectivity index (χ3v) is 7.12. The molecular weight excluding hydrogens is 476 g/mol. The lowest BCUT2D eigenvalue weighted by atomic mass is 10.0. The number of rotatable bonds is 12. The van der Waals surface area contributed by atoms with E-state index in [2.05, 4.69) is 5.32 Å². The number of nitrogens with one attached hydrogen (secondary N) is 1. The van der Waals surface area contributed by atoms with Gasteiger partial charge in [0.15, 0.2) is 0 Å². The van der Waals surface area contributed by atoms with Crippen LogP contribution in [0.25, 0.3) is 0 Å². The van der Waals surface area contributed by atoms with E-state index in [1.165, 1.54) is 0 Å². The highest BCUT2D eigenvalue weighted by Crippen LogP contribution is 2.19. The van der Waals surface area contributed by atoms with Crippen LogP contribution >= 0.6 is 23.4 Å². The summed E-state index contributed by atoms with van der Waals surface area (Å²) in [6, 6.07) is 26.8. The molecule has 0 aromatic heterocycles. The van der Waals surface area contributed by atoms with Gasteiger partial charge in [0.2, 0.25) is 11.8 Å². The fraction of sp³-hybridized carbons (Fsp3) is 0.310. The zero-order chi connectivity index (χ0) is 25.0. The van der Waals surface area contributed by atoms with Gasteiger partial charge >= 0.3 is 0 Å². The van der Waals surface area contributed by atoms with Crippen molar-refractivity contribution in [3.8, 4) is 0 Å². The first-order chi connectivity index (χ1) is 17.0. The molecule has 0 bridgehead atoms. The number of hydrogen-bond donors (Lipinski definition) is 1. The Hall–Kier alpha value is -2.76. The molecule has 2 unspecified atom stereocenters. The van der Waals surface area contributed by atoms with Gasteiger partial charge in [-0.3, -0.25) is 9.59 Å². The standard InChI is InChI=1S/C29H33ClN2O2S/c1-3-22(2)31-29(34)27(18-23-10-6-4-7-11-23)32(19-24-12-8-5-9-13-24)28(33)21-35-20-25-14-16-26(30)17-15-25/h4-17,22,27H,3,18-21H2,1-2H3,(H,31,34). The molecule has 2 amide bonds. The van der Waals surface area contributed by atoms with Gasteiger partial charge in [0.25, 0.3) is 0 Å². The molecule has 0 heterocycles. The number of carbonyl (C=O) groups is 2. The van der Waals surface area contributed by atoms with Crippen LogP contribution in [0.15, 0.2) is 84.9 Å². The van der Waals surface area contributed by atoms with Gasteiger partial charge in [-0.05, 0) is 42.2 Å². The van der Waals surface area contributed by atoms with Crippen molar-refractivity contribution >= 4 is 35.2 Å². The third kappa shape index (κ3) is 8.75. The number of amides is 2. The van der Waals surface area contributed by atoms with Crippen LogP contribution in [-0.2, 0) is 28.3 Å². The molecule has 3 aromatic rings. The Morgan fingerprint density at radius 3 is 2.09 bits per heavy atom. The molecule has 0 radical (unpaired) electrons. The fourth-order valence-corrected chi connectivity index (χ4v) is 4.69. The van der Waals surface area contributed by atoms with Crippen LogP contribution in [0.2, 0.25) is 5.02 Å². The van der Waals surface area contributed by atoms with E-state index in [1.807, 2.05) is 98.8 Å². The van der Waals surface area contributed by atoms with Crippen molar-refractivity contribution < 1.29 is 9.59 Å². The second-order valence-corrected chi connectivity index (χ2v) is 10.1. The number of thioether (sulfide) groups is 1. The molecule has 0 fully saturated rings. The molecule has 0 spiro atoms. The maximum atomic E-state index is 13.6. The molecular formula is C29H33ClN2O2S. The van der Waals surface area contributed by atoms with E-state index < -0.39 is 6.04 Å². The Labute approximate surface area is 218 Å². The first-order valence-corrected chi connectivity index (χ1v) is 13.5. The number of nitrogens with zero attached hydrogens (tertiary/aromatic N) is 1. The van der Waals surface area contributed by atoms with Crippen LogP contribution in [0.3, 0.4) is 0 Å². The monoisotopic (exact) mass is 508 g/mol. The van der Waals surface area contributed by atoms with Crippen LogP contribution in [0.4, 0.5) is 0 Å². The van der Waals surface area contributed by atoms with Gasteiger partial charge < -0.3 is 10.2 Å². The average molecular weight is 509 g/mol. The summed E-state index contributed by atoms with van der Waals surface area (Å²) < 4.78 is 0. The quantitative estimate of drug-likeness (QED) is 0.320. The van der Waals surface area contributed by atoms with Crippen molar-refractivity contribution in [3.05, 3.63) is 107 Å². The molecule has 184 valence electrons. The van der Waals surface area contributed by atoms with Crippen LogP contribution in [-0.4, -0.2) is 34.6 Å². The summed E-state index contributed by atoms with van der Waals surface area (Å²) in [7, 11) is 0. The van der Waals surface area contributed by atoms with Crippen molar-refractivity contribution in [3.63, 3.8) is 0 Å². The Bertz CT molecular complexity index is 1060. The van der Waals surface area contributed by atoms with E-state index >= 15 is 0 Å². The first kappa shape index (κ1) is 26.8. The zero-order valence-electron chi connectivity index (χ0n) is 20.3. The summed E-state index contributed by atoms with van der Waals surface area (Å²) in [5.41, 5.74) is 3.13. The zero-order valence-corrected chi connectivity index (χ0v) is 21.9. The lowest BCUT2D eigenvalue weighted by Gasteiger charge is -2.32. The van der Waals surface area contributed by atoms with Crippen LogP contribution in [0.1, 0.15) is 37.0 Å². The molecule has 35 heavy (non-hydrogen) atoms. The number of carbonyl (C=O) groups excluding carboxylic acids is 2. The highest BCUT2D eigenvalue weighted by Gasteiger charge is 2.30. The summed E-state index contributed by atoms with van der Waals surface area (Å²) in [4.78, 5) is 28.8. The summed E-state index contributed by atoms with van der Waals surface area (Å²) in [5, 5.41) is 3.80. The molecule has 0 aliphatic heterocycles. The van der Waals surface area contributed by atoms with E-state index in [-0.39, 0.29) is 23.6 Å². The predicted octanol–water partition coefficient (Wildman–Crippen LogP) is 6.13. The maximum absolute atomic E-state index is 13.6. The van der Waals surface area contributed by atoms with Crippen molar-refractivity contribution in [1.82, 2.24) is 10.2 Å². The highest BCUT2D eigenvalue weighted by molar-refractivity contribution is 7.99.